The molecular formula is C22H19N3O4S. The van der Waals surface area contributed by atoms with E-state index in [0.29, 0.717) is 27.3 Å². The number of rotatable bonds is 4. The van der Waals surface area contributed by atoms with E-state index in [0.717, 1.165) is 29.7 Å². The molecule has 5 rings (SSSR count). The van der Waals surface area contributed by atoms with Gasteiger partial charge in [-0.25, -0.2) is 4.98 Å². The van der Waals surface area contributed by atoms with Crippen molar-refractivity contribution in [3.05, 3.63) is 62.5 Å². The maximum atomic E-state index is 13.1. The van der Waals surface area contributed by atoms with E-state index in [1.165, 1.54) is 15.8 Å². The molecule has 3 aromatic rings. The number of carbonyl (C=O) groups is 3. The third-order valence-electron chi connectivity index (χ3n) is 5.84. The number of Topliss-reactive ketones (excluding diaryl/α,β-unsaturated/α-hetero) is 1. The first kappa shape index (κ1) is 18.9. The summed E-state index contributed by atoms with van der Waals surface area (Å²) in [6.45, 7) is 1.61. The van der Waals surface area contributed by atoms with Crippen LogP contribution in [-0.2, 0) is 24.2 Å². The largest absolute Gasteiger partial charge is 0.296 e. The number of carbonyl (C=O) groups excluding carboxylic acids is 3. The van der Waals surface area contributed by atoms with Gasteiger partial charge < -0.3 is 0 Å². The predicted molar refractivity (Wildman–Crippen MR) is 112 cm³/mol. The van der Waals surface area contributed by atoms with Crippen LogP contribution in [0.25, 0.3) is 10.2 Å². The number of hydrogen-bond acceptors (Lipinski definition) is 6. The molecule has 2 aromatic heterocycles. The summed E-state index contributed by atoms with van der Waals surface area (Å²) in [6, 6.07) is 6.50. The number of imide groups is 1. The van der Waals surface area contributed by atoms with E-state index in [9.17, 15) is 19.2 Å². The molecule has 0 radical (unpaired) electrons. The Bertz CT molecular complexity index is 1250. The van der Waals surface area contributed by atoms with Crippen molar-refractivity contribution in [1.82, 2.24) is 14.5 Å². The highest BCUT2D eigenvalue weighted by molar-refractivity contribution is 7.18. The fourth-order valence-corrected chi connectivity index (χ4v) is 5.62. The Hall–Kier alpha value is -3.13. The molecule has 2 amide bonds. The first-order valence-electron chi connectivity index (χ1n) is 9.90. The van der Waals surface area contributed by atoms with E-state index < -0.39 is 17.6 Å². The van der Waals surface area contributed by atoms with Gasteiger partial charge in [-0.3, -0.25) is 28.6 Å². The highest BCUT2D eigenvalue weighted by Crippen LogP contribution is 2.35. The summed E-state index contributed by atoms with van der Waals surface area (Å²) in [4.78, 5) is 57.9. The molecule has 0 bridgehead atoms. The van der Waals surface area contributed by atoms with Gasteiger partial charge in [0.1, 0.15) is 4.83 Å². The standard InChI is InChI=1S/C22H19N3O4S/c1-12-6-7-16-17(8-12)30-19-18(16)22(29)24(11-23-19)9-13(26)10-25-20(27)14-4-2-3-5-15(14)21(25)28/h2-5,11-12H,6-10H2,1H3/t12-/m1/s1. The average molecular weight is 421 g/mol. The molecule has 30 heavy (non-hydrogen) atoms. The van der Waals surface area contributed by atoms with Crippen molar-refractivity contribution < 1.29 is 14.4 Å². The number of thiophene rings is 1. The smallest absolute Gasteiger partial charge is 0.262 e. The lowest BCUT2D eigenvalue weighted by molar-refractivity contribution is -0.120. The van der Waals surface area contributed by atoms with Crippen LogP contribution in [0.15, 0.2) is 35.4 Å². The van der Waals surface area contributed by atoms with Crippen LogP contribution in [0.1, 0.15) is 44.5 Å². The number of nitrogens with zero attached hydrogens (tertiary/aromatic N) is 3. The summed E-state index contributed by atoms with van der Waals surface area (Å²) >= 11 is 1.56. The number of fused-ring (bicyclic) bond motifs is 4. The van der Waals surface area contributed by atoms with Gasteiger partial charge in [-0.2, -0.15) is 0 Å². The molecule has 0 unspecified atom stereocenters. The van der Waals surface area contributed by atoms with Crippen LogP contribution in [0, 0.1) is 5.92 Å². The fourth-order valence-electron chi connectivity index (χ4n) is 4.28. The maximum Gasteiger partial charge on any atom is 0.262 e. The molecule has 1 aromatic carbocycles. The summed E-state index contributed by atoms with van der Waals surface area (Å²) in [5, 5.41) is 0.609. The monoisotopic (exact) mass is 421 g/mol. The van der Waals surface area contributed by atoms with Crippen molar-refractivity contribution >= 4 is 39.2 Å². The summed E-state index contributed by atoms with van der Waals surface area (Å²) < 4.78 is 1.29. The number of benzene rings is 1. The zero-order valence-electron chi connectivity index (χ0n) is 16.4. The third-order valence-corrected chi connectivity index (χ3v) is 7.00. The van der Waals surface area contributed by atoms with E-state index in [-0.39, 0.29) is 18.6 Å². The minimum absolute atomic E-state index is 0.226. The van der Waals surface area contributed by atoms with Crippen molar-refractivity contribution in [3.8, 4) is 0 Å². The van der Waals surface area contributed by atoms with Gasteiger partial charge in [-0.15, -0.1) is 11.3 Å². The van der Waals surface area contributed by atoms with Gasteiger partial charge in [-0.05, 0) is 42.9 Å². The van der Waals surface area contributed by atoms with E-state index in [2.05, 4.69) is 11.9 Å². The second kappa shape index (κ2) is 6.98. The number of amides is 2. The molecule has 0 N–H and O–H groups in total. The molecule has 1 aliphatic carbocycles. The van der Waals surface area contributed by atoms with Crippen LogP contribution in [-0.4, -0.2) is 38.6 Å². The lowest BCUT2D eigenvalue weighted by Crippen LogP contribution is -2.37. The van der Waals surface area contributed by atoms with Gasteiger partial charge in [0.25, 0.3) is 17.4 Å². The molecule has 0 spiro atoms. The van der Waals surface area contributed by atoms with Gasteiger partial charge in [0.2, 0.25) is 0 Å². The molecule has 1 atom stereocenters. The lowest BCUT2D eigenvalue weighted by Gasteiger charge is -2.17. The topological polar surface area (TPSA) is 89.3 Å². The normalized spacial score (nSPS) is 18.0. The lowest BCUT2D eigenvalue weighted by atomic mass is 9.89. The molecule has 0 saturated heterocycles. The summed E-state index contributed by atoms with van der Waals surface area (Å²) in [5.74, 6) is -0.767. The molecular weight excluding hydrogens is 402 g/mol. The zero-order valence-corrected chi connectivity index (χ0v) is 17.2. The Balaban J connectivity index is 1.39. The Morgan fingerprint density at radius 1 is 1.13 bits per heavy atom. The van der Waals surface area contributed by atoms with Gasteiger partial charge in [-0.1, -0.05) is 19.1 Å². The van der Waals surface area contributed by atoms with Gasteiger partial charge >= 0.3 is 0 Å². The quantitative estimate of drug-likeness (QED) is 0.604. The first-order chi connectivity index (χ1) is 14.4. The average Bonchev–Trinajstić information content (AvgIpc) is 3.21. The van der Waals surface area contributed by atoms with Crippen molar-refractivity contribution in [2.45, 2.75) is 32.7 Å². The van der Waals surface area contributed by atoms with Crippen LogP contribution in [0.3, 0.4) is 0 Å². The number of ketones is 1. The summed E-state index contributed by atoms with van der Waals surface area (Å²) in [5.41, 5.74) is 1.43. The molecule has 152 valence electrons. The molecule has 8 heteroatoms. The van der Waals surface area contributed by atoms with Crippen molar-refractivity contribution in [2.24, 2.45) is 5.92 Å². The second-order valence-electron chi connectivity index (χ2n) is 7.99. The van der Waals surface area contributed by atoms with E-state index >= 15 is 0 Å². The van der Waals surface area contributed by atoms with Crippen molar-refractivity contribution in [1.29, 1.82) is 0 Å². The van der Waals surface area contributed by atoms with Crippen molar-refractivity contribution in [3.63, 3.8) is 0 Å². The first-order valence-corrected chi connectivity index (χ1v) is 10.7. The minimum atomic E-state index is -0.481. The van der Waals surface area contributed by atoms with Crippen LogP contribution < -0.4 is 5.56 Å². The summed E-state index contributed by atoms with van der Waals surface area (Å²) in [6.07, 6.45) is 4.22. The Morgan fingerprint density at radius 2 is 1.83 bits per heavy atom. The molecule has 3 heterocycles. The van der Waals surface area contributed by atoms with Gasteiger partial charge in [0, 0.05) is 4.88 Å². The van der Waals surface area contributed by atoms with E-state index in [1.807, 2.05) is 0 Å². The molecule has 1 aliphatic heterocycles. The number of aromatic nitrogens is 2. The van der Waals surface area contributed by atoms with Crippen LogP contribution >= 0.6 is 11.3 Å². The Kier molecular flexibility index (Phi) is 4.39. The SMILES string of the molecule is C[C@@H]1CCc2c(sc3ncn(CC(=O)CN4C(=O)c5ccccc5C4=O)c(=O)c23)C1. The molecule has 0 fully saturated rings. The van der Waals surface area contributed by atoms with Crippen molar-refractivity contribution in [2.75, 3.05) is 6.54 Å². The van der Waals surface area contributed by atoms with E-state index in [4.69, 9.17) is 0 Å². The Morgan fingerprint density at radius 3 is 2.53 bits per heavy atom. The highest BCUT2D eigenvalue weighted by Gasteiger charge is 2.36. The molecule has 0 saturated carbocycles. The van der Waals surface area contributed by atoms with Crippen LogP contribution in [0.5, 0.6) is 0 Å². The van der Waals surface area contributed by atoms with E-state index in [1.54, 1.807) is 35.6 Å². The third kappa shape index (κ3) is 2.90. The summed E-state index contributed by atoms with van der Waals surface area (Å²) in [7, 11) is 0. The molecule has 7 nitrogen and oxygen atoms in total. The maximum absolute atomic E-state index is 13.1. The Labute approximate surface area is 176 Å². The van der Waals surface area contributed by atoms with Crippen LogP contribution in [0.4, 0.5) is 0 Å². The highest BCUT2D eigenvalue weighted by atomic mass is 32.1. The van der Waals surface area contributed by atoms with Gasteiger partial charge in [0.15, 0.2) is 5.78 Å². The minimum Gasteiger partial charge on any atom is -0.296 e. The second-order valence-corrected chi connectivity index (χ2v) is 9.07. The fraction of sp³-hybridized carbons (Fsp3) is 0.318. The molecule has 2 aliphatic rings. The number of hydrogen-bond donors (Lipinski definition) is 0. The zero-order chi connectivity index (χ0) is 21.0. The van der Waals surface area contributed by atoms with Crippen LogP contribution in [0.2, 0.25) is 0 Å². The predicted octanol–water partition coefficient (Wildman–Crippen LogP) is 2.45. The number of aryl methyl sites for hydroxylation is 1. The van der Waals surface area contributed by atoms with Gasteiger partial charge in [0.05, 0.1) is 35.9 Å².